The average molecular weight is 266 g/mol. The minimum atomic E-state index is -0.160. The van der Waals surface area contributed by atoms with Gasteiger partial charge in [-0.15, -0.1) is 0 Å². The molecule has 1 N–H and O–H groups in total. The van der Waals surface area contributed by atoms with Crippen molar-refractivity contribution in [2.75, 3.05) is 19.8 Å². The molecule has 2 saturated carbocycles. The van der Waals surface area contributed by atoms with Gasteiger partial charge in [0.05, 0.1) is 13.2 Å². The topological polar surface area (TPSA) is 58.6 Å². The van der Waals surface area contributed by atoms with E-state index in [2.05, 4.69) is 10.2 Å². The first-order valence-corrected chi connectivity index (χ1v) is 7.39. The quantitative estimate of drug-likeness (QED) is 0.807. The van der Waals surface area contributed by atoms with Gasteiger partial charge in [-0.1, -0.05) is 0 Å². The maximum atomic E-state index is 12.3. The van der Waals surface area contributed by atoms with Gasteiger partial charge in [0.25, 0.3) is 0 Å². The minimum absolute atomic E-state index is 0.110. The van der Waals surface area contributed by atoms with Crippen molar-refractivity contribution in [3.05, 3.63) is 0 Å². The summed E-state index contributed by atoms with van der Waals surface area (Å²) in [6.45, 7) is 1.99. The first kappa shape index (κ1) is 13.1. The highest BCUT2D eigenvalue weighted by Crippen LogP contribution is 2.25. The molecule has 19 heavy (non-hydrogen) atoms. The molecule has 1 amide bonds. The number of Topliss-reactive ketones (excluding diaryl/α,β-unsaturated/α-hetero) is 1. The van der Waals surface area contributed by atoms with Gasteiger partial charge in [-0.05, 0) is 25.7 Å². The largest absolute Gasteiger partial charge is 0.378 e. The van der Waals surface area contributed by atoms with Crippen LogP contribution in [-0.2, 0) is 14.3 Å². The molecule has 1 unspecified atom stereocenters. The SMILES string of the molecule is O=C1CCC(N2CCOCC2C(=O)NC2CC2)CC1. The summed E-state index contributed by atoms with van der Waals surface area (Å²) >= 11 is 0. The minimum Gasteiger partial charge on any atom is -0.378 e. The normalized spacial score (nSPS) is 30.3. The van der Waals surface area contributed by atoms with Crippen LogP contribution in [0.1, 0.15) is 38.5 Å². The van der Waals surface area contributed by atoms with Crippen LogP contribution in [0.2, 0.25) is 0 Å². The van der Waals surface area contributed by atoms with E-state index < -0.39 is 0 Å². The summed E-state index contributed by atoms with van der Waals surface area (Å²) in [7, 11) is 0. The summed E-state index contributed by atoms with van der Waals surface area (Å²) in [5, 5.41) is 3.07. The van der Waals surface area contributed by atoms with Gasteiger partial charge in [0.15, 0.2) is 0 Å². The van der Waals surface area contributed by atoms with E-state index in [1.807, 2.05) is 0 Å². The summed E-state index contributed by atoms with van der Waals surface area (Å²) < 4.78 is 5.48. The van der Waals surface area contributed by atoms with Crippen molar-refractivity contribution in [2.45, 2.75) is 56.7 Å². The van der Waals surface area contributed by atoms with E-state index >= 15 is 0 Å². The molecule has 0 aromatic carbocycles. The lowest BCUT2D eigenvalue weighted by Crippen LogP contribution is -2.58. The maximum Gasteiger partial charge on any atom is 0.239 e. The monoisotopic (exact) mass is 266 g/mol. The number of morpholine rings is 1. The Morgan fingerprint density at radius 2 is 1.95 bits per heavy atom. The molecule has 1 atom stereocenters. The third-order valence-electron chi connectivity index (χ3n) is 4.38. The molecule has 3 aliphatic rings. The first-order chi connectivity index (χ1) is 9.24. The number of nitrogens with one attached hydrogen (secondary N) is 1. The van der Waals surface area contributed by atoms with Crippen LogP contribution in [0, 0.1) is 0 Å². The lowest BCUT2D eigenvalue weighted by molar-refractivity contribution is -0.136. The smallest absolute Gasteiger partial charge is 0.239 e. The molecule has 1 aliphatic heterocycles. The second-order valence-corrected chi connectivity index (χ2v) is 5.88. The molecule has 1 saturated heterocycles. The third-order valence-corrected chi connectivity index (χ3v) is 4.38. The van der Waals surface area contributed by atoms with E-state index in [1.54, 1.807) is 0 Å². The molecule has 0 aromatic rings. The predicted octanol–water partition coefficient (Wildman–Crippen LogP) is 0.478. The molecule has 106 valence electrons. The van der Waals surface area contributed by atoms with Crippen molar-refractivity contribution in [3.8, 4) is 0 Å². The number of nitrogens with zero attached hydrogens (tertiary/aromatic N) is 1. The molecule has 0 aromatic heterocycles. The fourth-order valence-corrected chi connectivity index (χ4v) is 3.06. The van der Waals surface area contributed by atoms with E-state index in [-0.39, 0.29) is 11.9 Å². The van der Waals surface area contributed by atoms with Gasteiger partial charge < -0.3 is 10.1 Å². The lowest BCUT2D eigenvalue weighted by atomic mass is 9.92. The van der Waals surface area contributed by atoms with Crippen molar-refractivity contribution in [2.24, 2.45) is 0 Å². The average Bonchev–Trinajstić information content (AvgIpc) is 3.23. The molecule has 3 rings (SSSR count). The molecule has 0 radical (unpaired) electrons. The highest BCUT2D eigenvalue weighted by Gasteiger charge is 2.37. The number of ketones is 1. The van der Waals surface area contributed by atoms with E-state index in [0.29, 0.717) is 43.9 Å². The number of ether oxygens (including phenoxy) is 1. The summed E-state index contributed by atoms with van der Waals surface area (Å²) in [4.78, 5) is 25.9. The van der Waals surface area contributed by atoms with Crippen LogP contribution in [-0.4, -0.2) is 54.5 Å². The van der Waals surface area contributed by atoms with Crippen LogP contribution in [0.15, 0.2) is 0 Å². The van der Waals surface area contributed by atoms with Gasteiger partial charge in [-0.3, -0.25) is 14.5 Å². The Bertz CT molecular complexity index is 358. The summed E-state index contributed by atoms with van der Waals surface area (Å²) in [6.07, 6.45) is 5.34. The van der Waals surface area contributed by atoms with Gasteiger partial charge >= 0.3 is 0 Å². The Kier molecular flexibility index (Phi) is 3.84. The summed E-state index contributed by atoms with van der Waals surface area (Å²) in [5.74, 6) is 0.475. The van der Waals surface area contributed by atoms with Crippen LogP contribution < -0.4 is 5.32 Å². The molecule has 5 nitrogen and oxygen atoms in total. The Morgan fingerprint density at radius 1 is 1.21 bits per heavy atom. The van der Waals surface area contributed by atoms with E-state index in [4.69, 9.17) is 4.74 Å². The second-order valence-electron chi connectivity index (χ2n) is 5.88. The van der Waals surface area contributed by atoms with Crippen LogP contribution in [0.3, 0.4) is 0 Å². The highest BCUT2D eigenvalue weighted by atomic mass is 16.5. The van der Waals surface area contributed by atoms with Crippen molar-refractivity contribution in [3.63, 3.8) is 0 Å². The Labute approximate surface area is 113 Å². The number of amides is 1. The van der Waals surface area contributed by atoms with Crippen LogP contribution in [0.5, 0.6) is 0 Å². The zero-order chi connectivity index (χ0) is 13.2. The van der Waals surface area contributed by atoms with Gasteiger partial charge in [-0.25, -0.2) is 0 Å². The summed E-state index contributed by atoms with van der Waals surface area (Å²) in [6, 6.07) is 0.605. The molecule has 5 heteroatoms. The molecule has 1 heterocycles. The van der Waals surface area contributed by atoms with Gasteiger partial charge in [0.1, 0.15) is 11.8 Å². The number of carbonyl (C=O) groups excluding carboxylic acids is 2. The fourth-order valence-electron chi connectivity index (χ4n) is 3.06. The Hall–Kier alpha value is -0.940. The molecule has 3 fully saturated rings. The predicted molar refractivity (Wildman–Crippen MR) is 69.7 cm³/mol. The van der Waals surface area contributed by atoms with Gasteiger partial charge in [0.2, 0.25) is 5.91 Å². The van der Waals surface area contributed by atoms with Crippen LogP contribution >= 0.6 is 0 Å². The number of hydrogen-bond acceptors (Lipinski definition) is 4. The van der Waals surface area contributed by atoms with Crippen molar-refractivity contribution < 1.29 is 14.3 Å². The third kappa shape index (κ3) is 3.15. The van der Waals surface area contributed by atoms with Crippen LogP contribution in [0.25, 0.3) is 0 Å². The molecular formula is C14H22N2O3. The zero-order valence-corrected chi connectivity index (χ0v) is 11.3. The number of rotatable bonds is 3. The Balaban J connectivity index is 1.62. The van der Waals surface area contributed by atoms with Crippen molar-refractivity contribution in [1.29, 1.82) is 0 Å². The van der Waals surface area contributed by atoms with E-state index in [9.17, 15) is 9.59 Å². The molecule has 2 aliphatic carbocycles. The lowest BCUT2D eigenvalue weighted by Gasteiger charge is -2.41. The second kappa shape index (κ2) is 5.59. The Morgan fingerprint density at radius 3 is 2.63 bits per heavy atom. The first-order valence-electron chi connectivity index (χ1n) is 7.39. The van der Waals surface area contributed by atoms with E-state index in [0.717, 1.165) is 32.2 Å². The van der Waals surface area contributed by atoms with Gasteiger partial charge in [0, 0.05) is 31.5 Å². The maximum absolute atomic E-state index is 12.3. The van der Waals surface area contributed by atoms with Gasteiger partial charge in [-0.2, -0.15) is 0 Å². The molecule has 0 bridgehead atoms. The highest BCUT2D eigenvalue weighted by molar-refractivity contribution is 5.83. The zero-order valence-electron chi connectivity index (χ0n) is 11.3. The van der Waals surface area contributed by atoms with Crippen molar-refractivity contribution in [1.82, 2.24) is 10.2 Å². The number of hydrogen-bond donors (Lipinski definition) is 1. The molecular weight excluding hydrogens is 244 g/mol. The van der Waals surface area contributed by atoms with Crippen LogP contribution in [0.4, 0.5) is 0 Å². The van der Waals surface area contributed by atoms with E-state index in [1.165, 1.54) is 0 Å². The fraction of sp³-hybridized carbons (Fsp3) is 0.857. The summed E-state index contributed by atoms with van der Waals surface area (Å²) in [5.41, 5.74) is 0. The number of carbonyl (C=O) groups is 2. The standard InChI is InChI=1S/C14H22N2O3/c17-12-5-3-11(4-6-12)16-7-8-19-9-13(16)14(18)15-10-1-2-10/h10-11,13H,1-9H2,(H,15,18). The molecule has 0 spiro atoms. The van der Waals surface area contributed by atoms with Crippen molar-refractivity contribution >= 4 is 11.7 Å².